The van der Waals surface area contributed by atoms with Crippen molar-refractivity contribution in [1.29, 1.82) is 0 Å². The lowest BCUT2D eigenvalue weighted by Crippen LogP contribution is -2.51. The van der Waals surface area contributed by atoms with E-state index in [0.717, 1.165) is 0 Å². The van der Waals surface area contributed by atoms with Gasteiger partial charge in [0.15, 0.2) is 0 Å². The van der Waals surface area contributed by atoms with Crippen molar-refractivity contribution in [2.24, 2.45) is 0 Å². The van der Waals surface area contributed by atoms with Crippen LogP contribution in [0.3, 0.4) is 0 Å². The summed E-state index contributed by atoms with van der Waals surface area (Å²) in [7, 11) is 1.56. The summed E-state index contributed by atoms with van der Waals surface area (Å²) in [5.41, 5.74) is 1.78. The molecule has 3 aromatic carbocycles. The summed E-state index contributed by atoms with van der Waals surface area (Å²) in [5.74, 6) is -0.604. The first-order valence-corrected chi connectivity index (χ1v) is 12.0. The fraction of sp³-hybridized carbons (Fsp3) is 0.286. The summed E-state index contributed by atoms with van der Waals surface area (Å²) >= 11 is 0. The minimum absolute atomic E-state index is 0.172. The molecule has 1 unspecified atom stereocenters. The van der Waals surface area contributed by atoms with Gasteiger partial charge < -0.3 is 10.1 Å². The van der Waals surface area contributed by atoms with E-state index in [9.17, 15) is 14.0 Å². The molecule has 192 valence electrons. The third-order valence-corrected chi connectivity index (χ3v) is 6.36. The van der Waals surface area contributed by atoms with Crippen LogP contribution in [-0.4, -0.2) is 39.5 Å². The van der Waals surface area contributed by atoms with E-state index in [4.69, 9.17) is 4.74 Å². The van der Waals surface area contributed by atoms with Crippen molar-refractivity contribution < 1.29 is 18.7 Å². The monoisotopic (exact) mass is 503 g/mol. The van der Waals surface area contributed by atoms with E-state index in [1.807, 2.05) is 45.0 Å². The summed E-state index contributed by atoms with van der Waals surface area (Å²) in [6.07, 6.45) is 0.684. The normalized spacial score (nSPS) is 12.2. The van der Waals surface area contributed by atoms with Crippen LogP contribution in [0.15, 0.2) is 72.8 Å². The quantitative estimate of drug-likeness (QED) is 0.359. The highest BCUT2D eigenvalue weighted by atomic mass is 19.1. The van der Waals surface area contributed by atoms with Gasteiger partial charge in [-0.3, -0.25) is 14.5 Å². The second-order valence-corrected chi connectivity index (χ2v) is 9.38. The standard InChI is InChI=1S/C28H30FN5O3/c1-5-28(2,3)30-27(36)26(19-10-16-22(37-4)17-11-19)34(21-14-12-20(29)13-15-21)25(35)18-33-24-9-7-6-8-23(24)31-32-33/h6-17,26H,5,18H2,1-4H3,(H,30,36). The number of benzene rings is 3. The van der Waals surface area contributed by atoms with Gasteiger partial charge in [-0.15, -0.1) is 5.10 Å². The van der Waals surface area contributed by atoms with Gasteiger partial charge in [0.05, 0.1) is 12.6 Å². The first-order chi connectivity index (χ1) is 17.7. The van der Waals surface area contributed by atoms with Gasteiger partial charge in [-0.05, 0) is 74.4 Å². The number of hydrogen-bond acceptors (Lipinski definition) is 5. The smallest absolute Gasteiger partial charge is 0.249 e. The number of nitrogens with one attached hydrogen (secondary N) is 1. The topological polar surface area (TPSA) is 89.4 Å². The molecule has 8 nitrogen and oxygen atoms in total. The number of aromatic nitrogens is 3. The van der Waals surface area contributed by atoms with Crippen LogP contribution in [0.1, 0.15) is 38.8 Å². The first-order valence-electron chi connectivity index (χ1n) is 12.0. The molecule has 0 aliphatic heterocycles. The first kappa shape index (κ1) is 25.8. The number of halogens is 1. The molecule has 0 aliphatic rings. The Bertz CT molecular complexity index is 1380. The maximum atomic E-state index is 14.0. The average molecular weight is 504 g/mol. The van der Waals surface area contributed by atoms with Crippen LogP contribution in [0.25, 0.3) is 11.0 Å². The number of nitrogens with zero attached hydrogens (tertiary/aromatic N) is 4. The zero-order valence-electron chi connectivity index (χ0n) is 21.3. The van der Waals surface area contributed by atoms with E-state index in [0.29, 0.717) is 34.5 Å². The maximum Gasteiger partial charge on any atom is 0.249 e. The Morgan fingerprint density at radius 1 is 1.05 bits per heavy atom. The molecule has 1 aromatic heterocycles. The van der Waals surface area contributed by atoms with Gasteiger partial charge in [-0.25, -0.2) is 9.07 Å². The fourth-order valence-electron chi connectivity index (χ4n) is 3.97. The van der Waals surface area contributed by atoms with Crippen LogP contribution in [-0.2, 0) is 16.1 Å². The molecule has 0 saturated carbocycles. The lowest BCUT2D eigenvalue weighted by molar-refractivity contribution is -0.128. The molecule has 4 aromatic rings. The molecule has 1 heterocycles. The molecule has 1 N–H and O–H groups in total. The lowest BCUT2D eigenvalue weighted by Gasteiger charge is -2.34. The number of fused-ring (bicyclic) bond motifs is 1. The van der Waals surface area contributed by atoms with Gasteiger partial charge in [0.25, 0.3) is 0 Å². The second-order valence-electron chi connectivity index (χ2n) is 9.38. The molecule has 0 saturated heterocycles. The third-order valence-electron chi connectivity index (χ3n) is 6.36. The van der Waals surface area contributed by atoms with Crippen LogP contribution in [0.4, 0.5) is 10.1 Å². The maximum absolute atomic E-state index is 14.0. The van der Waals surface area contributed by atoms with Crippen molar-refractivity contribution in [2.45, 2.75) is 45.3 Å². The molecule has 0 spiro atoms. The fourth-order valence-corrected chi connectivity index (χ4v) is 3.97. The molecule has 1 atom stereocenters. The second kappa shape index (κ2) is 10.8. The number of hydrogen-bond donors (Lipinski definition) is 1. The molecule has 4 rings (SSSR count). The predicted octanol–water partition coefficient (Wildman–Crippen LogP) is 4.66. The Hall–Kier alpha value is -4.27. The summed E-state index contributed by atoms with van der Waals surface area (Å²) in [4.78, 5) is 29.2. The summed E-state index contributed by atoms with van der Waals surface area (Å²) < 4.78 is 20.6. The van der Waals surface area contributed by atoms with Gasteiger partial charge >= 0.3 is 0 Å². The van der Waals surface area contributed by atoms with Crippen LogP contribution in [0, 0.1) is 5.82 Å². The summed E-state index contributed by atoms with van der Waals surface area (Å²) in [6, 6.07) is 18.7. The van der Waals surface area contributed by atoms with Crippen molar-refractivity contribution in [1.82, 2.24) is 20.3 Å². The Labute approximate surface area is 215 Å². The van der Waals surface area contributed by atoms with E-state index in [1.54, 1.807) is 31.4 Å². The van der Waals surface area contributed by atoms with Crippen molar-refractivity contribution in [3.8, 4) is 5.75 Å². The number of amides is 2. The SMILES string of the molecule is CCC(C)(C)NC(=O)C(c1ccc(OC)cc1)N(C(=O)Cn1nnc2ccccc21)c1ccc(F)cc1. The molecule has 0 bridgehead atoms. The van der Waals surface area contributed by atoms with Gasteiger partial charge in [0, 0.05) is 11.2 Å². The van der Waals surface area contributed by atoms with Crippen LogP contribution >= 0.6 is 0 Å². The molecule has 37 heavy (non-hydrogen) atoms. The number of methoxy groups -OCH3 is 1. The molecular formula is C28H30FN5O3. The highest BCUT2D eigenvalue weighted by Gasteiger charge is 2.35. The van der Waals surface area contributed by atoms with E-state index >= 15 is 0 Å². The summed E-state index contributed by atoms with van der Waals surface area (Å²) in [6.45, 7) is 5.64. The minimum atomic E-state index is -1.04. The van der Waals surface area contributed by atoms with E-state index in [1.165, 1.54) is 33.8 Å². The van der Waals surface area contributed by atoms with Crippen molar-refractivity contribution in [3.63, 3.8) is 0 Å². The third kappa shape index (κ3) is 5.77. The van der Waals surface area contributed by atoms with E-state index in [2.05, 4.69) is 15.6 Å². The number of anilines is 1. The van der Waals surface area contributed by atoms with Gasteiger partial charge in [0.2, 0.25) is 11.8 Å². The average Bonchev–Trinajstić information content (AvgIpc) is 3.30. The zero-order chi connectivity index (χ0) is 26.6. The van der Waals surface area contributed by atoms with Crippen molar-refractivity contribution in [3.05, 3.63) is 84.2 Å². The van der Waals surface area contributed by atoms with Gasteiger partial charge in [-0.2, -0.15) is 0 Å². The highest BCUT2D eigenvalue weighted by molar-refractivity contribution is 6.01. The van der Waals surface area contributed by atoms with Crippen LogP contribution < -0.4 is 15.0 Å². The van der Waals surface area contributed by atoms with Gasteiger partial charge in [0.1, 0.15) is 29.7 Å². The molecule has 0 fully saturated rings. The van der Waals surface area contributed by atoms with Crippen molar-refractivity contribution >= 4 is 28.5 Å². The molecule has 2 amide bonds. The molecule has 0 aliphatic carbocycles. The van der Waals surface area contributed by atoms with E-state index < -0.39 is 23.3 Å². The highest BCUT2D eigenvalue weighted by Crippen LogP contribution is 2.31. The molecule has 9 heteroatoms. The number of rotatable bonds is 9. The Morgan fingerprint density at radius 2 is 1.73 bits per heavy atom. The Kier molecular flexibility index (Phi) is 7.52. The van der Waals surface area contributed by atoms with E-state index in [-0.39, 0.29) is 12.5 Å². The predicted molar refractivity (Wildman–Crippen MR) is 140 cm³/mol. The zero-order valence-corrected chi connectivity index (χ0v) is 21.3. The number of ether oxygens (including phenoxy) is 1. The summed E-state index contributed by atoms with van der Waals surface area (Å²) in [5, 5.41) is 11.3. The minimum Gasteiger partial charge on any atom is -0.497 e. The Morgan fingerprint density at radius 3 is 2.38 bits per heavy atom. The lowest BCUT2D eigenvalue weighted by atomic mass is 9.98. The van der Waals surface area contributed by atoms with Crippen LogP contribution in [0.2, 0.25) is 0 Å². The number of carbonyl (C=O) groups excluding carboxylic acids is 2. The molecular weight excluding hydrogens is 473 g/mol. The largest absolute Gasteiger partial charge is 0.497 e. The van der Waals surface area contributed by atoms with Crippen LogP contribution in [0.5, 0.6) is 5.75 Å². The molecule has 0 radical (unpaired) electrons. The number of para-hydroxylation sites is 1. The van der Waals surface area contributed by atoms with Gasteiger partial charge in [-0.1, -0.05) is 36.4 Å². The Balaban J connectivity index is 1.81. The van der Waals surface area contributed by atoms with Crippen molar-refractivity contribution in [2.75, 3.05) is 12.0 Å². The number of carbonyl (C=O) groups is 2.